The lowest BCUT2D eigenvalue weighted by atomic mass is 9.94. The van der Waals surface area contributed by atoms with Crippen LogP contribution >= 0.6 is 0 Å². The van der Waals surface area contributed by atoms with E-state index in [0.29, 0.717) is 0 Å². The summed E-state index contributed by atoms with van der Waals surface area (Å²) in [7, 11) is 0. The highest BCUT2D eigenvalue weighted by Crippen LogP contribution is 2.26. The van der Waals surface area contributed by atoms with Crippen LogP contribution in [0.4, 0.5) is 0 Å². The smallest absolute Gasteiger partial charge is 0.0771 e. The van der Waals surface area contributed by atoms with Gasteiger partial charge in [0.05, 0.1) is 5.60 Å². The third-order valence-electron chi connectivity index (χ3n) is 4.50. The Balaban J connectivity index is 1.63. The molecule has 2 aliphatic carbocycles. The lowest BCUT2D eigenvalue weighted by Gasteiger charge is -2.27. The molecule has 0 amide bonds. The van der Waals surface area contributed by atoms with Gasteiger partial charge in [0.1, 0.15) is 0 Å². The number of nitrogens with one attached hydrogen (secondary N) is 1. The minimum absolute atomic E-state index is 0.419. The standard InChI is InChI=1S/C16H29NO/c18-16(11-6-1-2-7-12-16)14-17-13-10-15-8-4-3-5-9-15/h8,17-18H,1-7,9-14H2. The normalized spacial score (nSPS) is 24.4. The third-order valence-corrected chi connectivity index (χ3v) is 4.50. The van der Waals surface area contributed by atoms with Crippen LogP contribution in [0.15, 0.2) is 11.6 Å². The maximum absolute atomic E-state index is 10.5. The van der Waals surface area contributed by atoms with E-state index in [9.17, 15) is 5.11 Å². The van der Waals surface area contributed by atoms with E-state index in [1.54, 1.807) is 5.57 Å². The fraction of sp³-hybridized carbons (Fsp3) is 0.875. The van der Waals surface area contributed by atoms with E-state index in [2.05, 4.69) is 11.4 Å². The first-order chi connectivity index (χ1) is 8.79. The van der Waals surface area contributed by atoms with E-state index in [1.807, 2.05) is 0 Å². The van der Waals surface area contributed by atoms with Crippen LogP contribution in [0.3, 0.4) is 0 Å². The van der Waals surface area contributed by atoms with Gasteiger partial charge in [0.25, 0.3) is 0 Å². The molecule has 0 aromatic heterocycles. The molecule has 0 radical (unpaired) electrons. The number of hydrogen-bond acceptors (Lipinski definition) is 2. The summed E-state index contributed by atoms with van der Waals surface area (Å²) >= 11 is 0. The van der Waals surface area contributed by atoms with Gasteiger partial charge >= 0.3 is 0 Å². The van der Waals surface area contributed by atoms with Crippen LogP contribution in [0.25, 0.3) is 0 Å². The van der Waals surface area contributed by atoms with Gasteiger partial charge in [-0.2, -0.15) is 0 Å². The second-order valence-corrected chi connectivity index (χ2v) is 6.17. The topological polar surface area (TPSA) is 32.3 Å². The highest BCUT2D eigenvalue weighted by atomic mass is 16.3. The van der Waals surface area contributed by atoms with Crippen LogP contribution in [0.5, 0.6) is 0 Å². The Bertz CT molecular complexity index is 264. The molecule has 2 heteroatoms. The van der Waals surface area contributed by atoms with Crippen molar-refractivity contribution in [3.05, 3.63) is 11.6 Å². The molecule has 104 valence electrons. The average Bonchev–Trinajstić information content (AvgIpc) is 2.61. The molecule has 2 rings (SSSR count). The van der Waals surface area contributed by atoms with Crippen molar-refractivity contribution in [3.8, 4) is 0 Å². The average molecular weight is 251 g/mol. The van der Waals surface area contributed by atoms with Crippen LogP contribution in [0, 0.1) is 0 Å². The Morgan fingerprint density at radius 3 is 2.50 bits per heavy atom. The summed E-state index contributed by atoms with van der Waals surface area (Å²) in [5.74, 6) is 0. The second kappa shape index (κ2) is 7.30. The molecule has 0 spiro atoms. The van der Waals surface area contributed by atoms with Crippen molar-refractivity contribution < 1.29 is 5.11 Å². The minimum atomic E-state index is -0.419. The van der Waals surface area contributed by atoms with Crippen molar-refractivity contribution in [2.45, 2.75) is 76.2 Å². The zero-order chi connectivity index (χ0) is 12.7. The molecule has 0 aliphatic heterocycles. The van der Waals surface area contributed by atoms with E-state index < -0.39 is 5.60 Å². The lowest BCUT2D eigenvalue weighted by molar-refractivity contribution is 0.0256. The number of aliphatic hydroxyl groups is 1. The zero-order valence-electron chi connectivity index (χ0n) is 11.7. The van der Waals surface area contributed by atoms with Gasteiger partial charge in [0.2, 0.25) is 0 Å². The van der Waals surface area contributed by atoms with Crippen LogP contribution in [-0.2, 0) is 0 Å². The van der Waals surface area contributed by atoms with Crippen molar-refractivity contribution in [2.75, 3.05) is 13.1 Å². The maximum Gasteiger partial charge on any atom is 0.0771 e. The van der Waals surface area contributed by atoms with E-state index in [1.165, 1.54) is 57.8 Å². The van der Waals surface area contributed by atoms with Gasteiger partial charge in [-0.15, -0.1) is 0 Å². The molecule has 2 aliphatic rings. The highest BCUT2D eigenvalue weighted by molar-refractivity contribution is 5.05. The second-order valence-electron chi connectivity index (χ2n) is 6.17. The molecular formula is C16H29NO. The van der Waals surface area contributed by atoms with Crippen molar-refractivity contribution in [1.82, 2.24) is 5.32 Å². The molecule has 2 nitrogen and oxygen atoms in total. The lowest BCUT2D eigenvalue weighted by Crippen LogP contribution is -2.40. The van der Waals surface area contributed by atoms with Crippen LogP contribution in [0.1, 0.15) is 70.6 Å². The molecule has 2 N–H and O–H groups in total. The predicted molar refractivity (Wildman–Crippen MR) is 76.7 cm³/mol. The van der Waals surface area contributed by atoms with Crippen molar-refractivity contribution in [2.24, 2.45) is 0 Å². The Hall–Kier alpha value is -0.340. The zero-order valence-corrected chi connectivity index (χ0v) is 11.7. The summed E-state index contributed by atoms with van der Waals surface area (Å²) in [6.45, 7) is 1.83. The predicted octanol–water partition coefficient (Wildman–Crippen LogP) is 3.55. The Morgan fingerprint density at radius 1 is 1.06 bits per heavy atom. The van der Waals surface area contributed by atoms with Gasteiger partial charge in [-0.25, -0.2) is 0 Å². The van der Waals surface area contributed by atoms with Crippen LogP contribution in [-0.4, -0.2) is 23.8 Å². The van der Waals surface area contributed by atoms with Gasteiger partial charge < -0.3 is 10.4 Å². The fourth-order valence-electron chi connectivity index (χ4n) is 3.27. The highest BCUT2D eigenvalue weighted by Gasteiger charge is 2.27. The Labute approximate surface area is 112 Å². The Morgan fingerprint density at radius 2 is 1.83 bits per heavy atom. The number of rotatable bonds is 5. The molecule has 0 aromatic carbocycles. The van der Waals surface area contributed by atoms with Crippen LogP contribution in [0.2, 0.25) is 0 Å². The molecule has 1 fully saturated rings. The molecule has 0 atom stereocenters. The van der Waals surface area contributed by atoms with Gasteiger partial charge in [-0.05, 0) is 51.5 Å². The van der Waals surface area contributed by atoms with Crippen LogP contribution < -0.4 is 5.32 Å². The molecule has 0 bridgehead atoms. The fourth-order valence-corrected chi connectivity index (χ4v) is 3.27. The first kappa shape index (κ1) is 14.1. The molecule has 0 heterocycles. The van der Waals surface area contributed by atoms with Gasteiger partial charge in [-0.1, -0.05) is 37.3 Å². The molecular weight excluding hydrogens is 222 g/mol. The molecule has 0 saturated heterocycles. The molecule has 1 saturated carbocycles. The largest absolute Gasteiger partial charge is 0.389 e. The van der Waals surface area contributed by atoms with Crippen molar-refractivity contribution in [1.29, 1.82) is 0 Å². The van der Waals surface area contributed by atoms with E-state index in [-0.39, 0.29) is 0 Å². The summed E-state index contributed by atoms with van der Waals surface area (Å²) in [5, 5.41) is 14.0. The first-order valence-corrected chi connectivity index (χ1v) is 7.90. The van der Waals surface area contributed by atoms with Gasteiger partial charge in [0.15, 0.2) is 0 Å². The summed E-state index contributed by atoms with van der Waals surface area (Å²) in [5.41, 5.74) is 1.21. The van der Waals surface area contributed by atoms with Crippen molar-refractivity contribution in [3.63, 3.8) is 0 Å². The summed E-state index contributed by atoms with van der Waals surface area (Å²) in [6, 6.07) is 0. The quantitative estimate of drug-likeness (QED) is 0.445. The van der Waals surface area contributed by atoms with Crippen molar-refractivity contribution >= 4 is 0 Å². The van der Waals surface area contributed by atoms with Gasteiger partial charge in [-0.3, -0.25) is 0 Å². The molecule has 0 unspecified atom stereocenters. The van der Waals surface area contributed by atoms with E-state index in [0.717, 1.165) is 25.9 Å². The first-order valence-electron chi connectivity index (χ1n) is 7.90. The monoisotopic (exact) mass is 251 g/mol. The third kappa shape index (κ3) is 4.74. The molecule has 0 aromatic rings. The Kier molecular flexibility index (Phi) is 5.71. The summed E-state index contributed by atoms with van der Waals surface area (Å²) < 4.78 is 0. The summed E-state index contributed by atoms with van der Waals surface area (Å²) in [4.78, 5) is 0. The summed E-state index contributed by atoms with van der Waals surface area (Å²) in [6.07, 6.45) is 15.9. The van der Waals surface area contributed by atoms with Gasteiger partial charge in [0, 0.05) is 6.54 Å². The van der Waals surface area contributed by atoms with E-state index in [4.69, 9.17) is 0 Å². The minimum Gasteiger partial charge on any atom is -0.389 e. The SMILES string of the molecule is OC1(CNCCC2=CCCCC2)CCCCCC1. The number of allylic oxidation sites excluding steroid dienone is 1. The van der Waals surface area contributed by atoms with E-state index >= 15 is 0 Å². The maximum atomic E-state index is 10.5. The number of hydrogen-bond donors (Lipinski definition) is 2. The molecule has 18 heavy (non-hydrogen) atoms.